The van der Waals surface area contributed by atoms with Gasteiger partial charge in [-0.2, -0.15) is 13.2 Å². The summed E-state index contributed by atoms with van der Waals surface area (Å²) < 4.78 is 38.5. The van der Waals surface area contributed by atoms with Crippen molar-refractivity contribution in [3.8, 4) is 0 Å². The van der Waals surface area contributed by atoms with Gasteiger partial charge in [-0.3, -0.25) is 9.59 Å². The van der Waals surface area contributed by atoms with Crippen LogP contribution in [0.25, 0.3) is 0 Å². The third-order valence-corrected chi connectivity index (χ3v) is 4.88. The quantitative estimate of drug-likeness (QED) is 0.298. The summed E-state index contributed by atoms with van der Waals surface area (Å²) in [5, 5.41) is 4.17. The van der Waals surface area contributed by atoms with Crippen LogP contribution in [0.15, 0.2) is 18.2 Å². The molecule has 0 aliphatic carbocycles. The van der Waals surface area contributed by atoms with E-state index < -0.39 is 28.6 Å². The second kappa shape index (κ2) is 13.5. The number of rotatable bonds is 12. The van der Waals surface area contributed by atoms with Crippen molar-refractivity contribution in [2.75, 3.05) is 11.9 Å². The maximum atomic E-state index is 12.8. The topological polar surface area (TPSA) is 58.2 Å². The molecule has 0 saturated carbocycles. The van der Waals surface area contributed by atoms with Gasteiger partial charge in [0.05, 0.1) is 10.6 Å². The number of unbranched alkanes of at least 4 members (excludes halogenated alkanes) is 9. The Hall–Kier alpha value is -1.76. The van der Waals surface area contributed by atoms with Gasteiger partial charge >= 0.3 is 18.0 Å². The number of hydrogen-bond donors (Lipinski definition) is 2. The lowest BCUT2D eigenvalue weighted by Crippen LogP contribution is -2.35. The molecule has 29 heavy (non-hydrogen) atoms. The molecular weight excluding hydrogens is 405 g/mol. The molecule has 0 aliphatic rings. The van der Waals surface area contributed by atoms with E-state index in [2.05, 4.69) is 17.6 Å². The van der Waals surface area contributed by atoms with Gasteiger partial charge in [-0.1, -0.05) is 76.3 Å². The maximum Gasteiger partial charge on any atom is 0.417 e. The van der Waals surface area contributed by atoms with E-state index in [9.17, 15) is 22.8 Å². The molecule has 1 rings (SSSR count). The van der Waals surface area contributed by atoms with Gasteiger partial charge in [0.15, 0.2) is 0 Å². The fourth-order valence-electron chi connectivity index (χ4n) is 2.90. The monoisotopic (exact) mass is 434 g/mol. The lowest BCUT2D eigenvalue weighted by molar-refractivity contribution is -0.137. The Balaban J connectivity index is 2.22. The molecular formula is C21H30ClF3N2O2. The first-order valence-electron chi connectivity index (χ1n) is 10.2. The molecule has 0 spiro atoms. The van der Waals surface area contributed by atoms with Gasteiger partial charge in [0.2, 0.25) is 0 Å². The molecule has 0 radical (unpaired) electrons. The van der Waals surface area contributed by atoms with Crippen LogP contribution in [0.5, 0.6) is 0 Å². The van der Waals surface area contributed by atoms with Crippen LogP contribution < -0.4 is 10.6 Å². The largest absolute Gasteiger partial charge is 0.417 e. The summed E-state index contributed by atoms with van der Waals surface area (Å²) in [4.78, 5) is 23.6. The van der Waals surface area contributed by atoms with Crippen LogP contribution in [0.4, 0.5) is 18.9 Å². The van der Waals surface area contributed by atoms with E-state index in [1.807, 2.05) is 0 Å². The zero-order valence-electron chi connectivity index (χ0n) is 16.8. The van der Waals surface area contributed by atoms with Gasteiger partial charge in [0.1, 0.15) is 0 Å². The Morgan fingerprint density at radius 2 is 1.45 bits per heavy atom. The molecule has 0 aromatic heterocycles. The highest BCUT2D eigenvalue weighted by molar-refractivity contribution is 6.39. The highest BCUT2D eigenvalue weighted by Gasteiger charge is 2.33. The second-order valence-corrected chi connectivity index (χ2v) is 7.49. The smallest absolute Gasteiger partial charge is 0.348 e. The van der Waals surface area contributed by atoms with Gasteiger partial charge in [0, 0.05) is 12.2 Å². The van der Waals surface area contributed by atoms with Crippen LogP contribution in [0.1, 0.15) is 76.7 Å². The first kappa shape index (κ1) is 25.3. The number of halogens is 4. The van der Waals surface area contributed by atoms with Crippen LogP contribution in [-0.2, 0) is 15.8 Å². The lowest BCUT2D eigenvalue weighted by atomic mass is 10.1. The molecule has 2 N–H and O–H groups in total. The molecule has 0 bridgehead atoms. The van der Waals surface area contributed by atoms with Gasteiger partial charge in [-0.05, 0) is 24.6 Å². The Bertz CT molecular complexity index is 651. The van der Waals surface area contributed by atoms with Crippen molar-refractivity contribution in [1.82, 2.24) is 5.32 Å². The maximum absolute atomic E-state index is 12.8. The number of nitrogens with one attached hydrogen (secondary N) is 2. The first-order valence-corrected chi connectivity index (χ1v) is 10.6. The summed E-state index contributed by atoms with van der Waals surface area (Å²) in [5.41, 5.74) is -1.21. The SMILES string of the molecule is CCCCCCCCCCCCNC(=O)C(=O)Nc1ccc(Cl)c(C(F)(F)F)c1. The Kier molecular flexibility index (Phi) is 11.7. The molecule has 0 heterocycles. The van der Waals surface area contributed by atoms with Crippen LogP contribution in [0.2, 0.25) is 5.02 Å². The van der Waals surface area contributed by atoms with Crippen molar-refractivity contribution in [2.24, 2.45) is 0 Å². The van der Waals surface area contributed by atoms with E-state index in [0.29, 0.717) is 12.6 Å². The summed E-state index contributed by atoms with van der Waals surface area (Å²) in [6.45, 7) is 2.56. The van der Waals surface area contributed by atoms with Crippen LogP contribution >= 0.6 is 11.6 Å². The highest BCUT2D eigenvalue weighted by Crippen LogP contribution is 2.36. The zero-order valence-corrected chi connectivity index (χ0v) is 17.6. The Labute approximate surface area is 175 Å². The normalized spacial score (nSPS) is 11.3. The molecule has 4 nitrogen and oxygen atoms in total. The second-order valence-electron chi connectivity index (χ2n) is 7.08. The van der Waals surface area contributed by atoms with Crippen molar-refractivity contribution < 1.29 is 22.8 Å². The first-order chi connectivity index (χ1) is 13.8. The van der Waals surface area contributed by atoms with Gasteiger partial charge in [0.25, 0.3) is 0 Å². The average Bonchev–Trinajstić information content (AvgIpc) is 2.66. The predicted molar refractivity (Wildman–Crippen MR) is 110 cm³/mol. The van der Waals surface area contributed by atoms with Crippen molar-refractivity contribution in [2.45, 2.75) is 77.3 Å². The van der Waals surface area contributed by atoms with Crippen LogP contribution in [0.3, 0.4) is 0 Å². The van der Waals surface area contributed by atoms with Gasteiger partial charge < -0.3 is 10.6 Å². The fourth-order valence-corrected chi connectivity index (χ4v) is 3.13. The summed E-state index contributed by atoms with van der Waals surface area (Å²) in [7, 11) is 0. The lowest BCUT2D eigenvalue weighted by Gasteiger charge is -2.11. The van der Waals surface area contributed by atoms with E-state index in [4.69, 9.17) is 11.6 Å². The van der Waals surface area contributed by atoms with E-state index >= 15 is 0 Å². The Morgan fingerprint density at radius 1 is 0.897 bits per heavy atom. The van der Waals surface area contributed by atoms with Crippen LogP contribution in [-0.4, -0.2) is 18.4 Å². The molecule has 0 unspecified atom stereocenters. The number of carbonyl (C=O) groups is 2. The van der Waals surface area contributed by atoms with Gasteiger partial charge in [-0.25, -0.2) is 0 Å². The number of benzene rings is 1. The average molecular weight is 435 g/mol. The minimum absolute atomic E-state index is 0.138. The van der Waals surface area contributed by atoms with Crippen molar-refractivity contribution in [3.05, 3.63) is 28.8 Å². The predicted octanol–water partition coefficient (Wildman–Crippen LogP) is 6.33. The summed E-state index contributed by atoms with van der Waals surface area (Å²) in [6, 6.07) is 2.95. The van der Waals surface area contributed by atoms with E-state index in [1.54, 1.807) is 0 Å². The molecule has 0 saturated heterocycles. The molecule has 2 amide bonds. The van der Waals surface area contributed by atoms with Crippen molar-refractivity contribution in [1.29, 1.82) is 0 Å². The molecule has 1 aromatic carbocycles. The van der Waals surface area contributed by atoms with E-state index in [0.717, 1.165) is 25.3 Å². The number of carbonyl (C=O) groups excluding carboxylic acids is 2. The fraction of sp³-hybridized carbons (Fsp3) is 0.619. The molecule has 1 aromatic rings. The van der Waals surface area contributed by atoms with Crippen molar-refractivity contribution in [3.63, 3.8) is 0 Å². The summed E-state index contributed by atoms with van der Waals surface area (Å²) >= 11 is 5.53. The minimum Gasteiger partial charge on any atom is -0.348 e. The number of amides is 2. The number of hydrogen-bond acceptors (Lipinski definition) is 2. The zero-order chi connectivity index (χ0) is 21.7. The molecule has 0 fully saturated rings. The molecule has 8 heteroatoms. The third-order valence-electron chi connectivity index (χ3n) is 4.55. The molecule has 0 atom stereocenters. The summed E-state index contributed by atoms with van der Waals surface area (Å²) in [6.07, 6.45) is 6.95. The Morgan fingerprint density at radius 3 is 2.00 bits per heavy atom. The number of alkyl halides is 3. The third kappa shape index (κ3) is 10.5. The molecule has 0 aliphatic heterocycles. The van der Waals surface area contributed by atoms with E-state index in [1.165, 1.54) is 51.0 Å². The van der Waals surface area contributed by atoms with Crippen LogP contribution in [0, 0.1) is 0 Å². The standard InChI is InChI=1S/C21H30ClF3N2O2/c1-2-3-4-5-6-7-8-9-10-11-14-26-19(28)20(29)27-16-12-13-18(22)17(15-16)21(23,24)25/h12-13,15H,2-11,14H2,1H3,(H,26,28)(H,27,29). The molecule has 164 valence electrons. The highest BCUT2D eigenvalue weighted by atomic mass is 35.5. The van der Waals surface area contributed by atoms with Crippen molar-refractivity contribution >= 4 is 29.1 Å². The minimum atomic E-state index is -4.64. The number of anilines is 1. The van der Waals surface area contributed by atoms with Gasteiger partial charge in [-0.15, -0.1) is 0 Å². The van der Waals surface area contributed by atoms with E-state index in [-0.39, 0.29) is 5.69 Å². The summed E-state index contributed by atoms with van der Waals surface area (Å²) in [5.74, 6) is -1.88.